The molecule has 15 atom stereocenters. The zero-order valence-corrected chi connectivity index (χ0v) is 51.4. The number of azide groups is 1. The van der Waals surface area contributed by atoms with Gasteiger partial charge in [0.25, 0.3) is 0 Å². The van der Waals surface area contributed by atoms with E-state index in [4.69, 9.17) is 61.6 Å². The van der Waals surface area contributed by atoms with E-state index >= 15 is 0 Å². The first-order valence-electron chi connectivity index (χ1n) is 30.5. The van der Waals surface area contributed by atoms with Crippen LogP contribution in [0.15, 0.2) is 217 Å². The van der Waals surface area contributed by atoms with Crippen LogP contribution in [-0.2, 0) is 61.6 Å². The van der Waals surface area contributed by atoms with Gasteiger partial charge in [-0.3, -0.25) is 0 Å². The van der Waals surface area contributed by atoms with Gasteiger partial charge >= 0.3 is 41.8 Å². The first-order valence-corrected chi connectivity index (χ1v) is 30.5. The highest BCUT2D eigenvalue weighted by atomic mass is 16.8. The predicted molar refractivity (Wildman–Crippen MR) is 333 cm³/mol. The van der Waals surface area contributed by atoms with Crippen molar-refractivity contribution in [1.82, 2.24) is 0 Å². The van der Waals surface area contributed by atoms with Crippen molar-refractivity contribution < 1.29 is 100 Å². The second kappa shape index (κ2) is 33.1. The standard InChI is InChI=1S/C71H67N3O21/c1-43-44(2)55(89-62(76)45-24-10-3-11-25-45)69(86-52(43)40-75)84-41-54-57(91-64(78)47-28-14-5-15-29-47)59(93-66(80)49-32-18-7-19-33-49)61(95-68(82)51-36-22-9-23-37-51)71(88-54)85-42-53-56(90-63(77)46-26-12-4-13-27-46)58(92-65(79)48-30-16-6-17-31-48)60(70(87-53)83-39-38-73-74-72)94-67(81)50-34-20-8-21-35-50/h3-37,43-44,52-61,69-71,75H,38-42H2,1-2H3/t43-,44-,52+,53+,54+,55+,56+,57+,58-,59-,60+,61+,69+,70?,71+/m0/s1. The molecular weight excluding hydrogens is 1230 g/mol. The van der Waals surface area contributed by atoms with Gasteiger partial charge in [0, 0.05) is 17.4 Å². The van der Waals surface area contributed by atoms with Gasteiger partial charge < -0.3 is 66.7 Å². The summed E-state index contributed by atoms with van der Waals surface area (Å²) in [5.74, 6) is -7.55. The topological polar surface area (TPSA) is 308 Å². The fourth-order valence-corrected chi connectivity index (χ4v) is 10.9. The molecule has 0 aromatic heterocycles. The summed E-state index contributed by atoms with van der Waals surface area (Å²) in [4.78, 5) is 104. The zero-order valence-electron chi connectivity index (χ0n) is 51.4. The molecule has 1 unspecified atom stereocenters. The van der Waals surface area contributed by atoms with Gasteiger partial charge in [-0.15, -0.1) is 0 Å². The lowest BCUT2D eigenvalue weighted by molar-refractivity contribution is -0.336. The average Bonchev–Trinajstić information content (AvgIpc) is 0.784. The maximum Gasteiger partial charge on any atom is 0.338 e. The molecule has 0 bridgehead atoms. The molecule has 7 aromatic carbocycles. The minimum Gasteiger partial charge on any atom is -0.453 e. The third-order valence-electron chi connectivity index (χ3n) is 16.0. The third kappa shape index (κ3) is 17.4. The molecule has 24 nitrogen and oxygen atoms in total. The molecule has 10 rings (SSSR count). The lowest BCUT2D eigenvalue weighted by Crippen LogP contribution is -2.65. The van der Waals surface area contributed by atoms with Gasteiger partial charge in [0.1, 0.15) is 12.2 Å². The number of rotatable bonds is 25. The van der Waals surface area contributed by atoms with Gasteiger partial charge in [-0.2, -0.15) is 0 Å². The smallest absolute Gasteiger partial charge is 0.338 e. The molecule has 3 aliphatic rings. The quantitative estimate of drug-likeness (QED) is 0.0139. The highest BCUT2D eigenvalue weighted by molar-refractivity contribution is 5.93. The summed E-state index contributed by atoms with van der Waals surface area (Å²) in [5, 5.41) is 14.2. The van der Waals surface area contributed by atoms with Gasteiger partial charge in [-0.25, -0.2) is 33.6 Å². The predicted octanol–water partition coefficient (Wildman–Crippen LogP) is 9.36. The highest BCUT2D eigenvalue weighted by Crippen LogP contribution is 2.38. The number of carbonyl (C=O) groups excluding carboxylic acids is 7. The Morgan fingerprint density at radius 2 is 0.611 bits per heavy atom. The first kappa shape index (κ1) is 67.7. The molecule has 3 aliphatic heterocycles. The number of ether oxygens (including phenoxy) is 13. The van der Waals surface area contributed by atoms with Crippen LogP contribution in [0.2, 0.25) is 0 Å². The van der Waals surface area contributed by atoms with Crippen molar-refractivity contribution in [3.63, 3.8) is 0 Å². The first-order chi connectivity index (χ1) is 46.3. The molecule has 3 saturated heterocycles. The summed E-state index contributed by atoms with van der Waals surface area (Å²) in [7, 11) is 0. The van der Waals surface area contributed by atoms with E-state index in [0.717, 1.165) is 0 Å². The Balaban J connectivity index is 1.09. The largest absolute Gasteiger partial charge is 0.453 e. The van der Waals surface area contributed by atoms with Crippen LogP contribution in [0.4, 0.5) is 0 Å². The zero-order chi connectivity index (χ0) is 66.6. The number of carbonyl (C=O) groups is 7. The minimum atomic E-state index is -1.98. The van der Waals surface area contributed by atoms with E-state index in [9.17, 15) is 44.2 Å². The maximum atomic E-state index is 14.7. The molecule has 95 heavy (non-hydrogen) atoms. The molecular formula is C71H67N3O21. The van der Waals surface area contributed by atoms with Crippen LogP contribution < -0.4 is 0 Å². The Morgan fingerprint density at radius 1 is 0.358 bits per heavy atom. The summed E-state index contributed by atoms with van der Waals surface area (Å²) in [6.07, 6.45) is -21.7. The normalized spacial score (nSPS) is 25.4. The number of benzene rings is 7. The van der Waals surface area contributed by atoms with Crippen molar-refractivity contribution in [2.24, 2.45) is 17.0 Å². The van der Waals surface area contributed by atoms with E-state index in [1.807, 2.05) is 6.92 Å². The molecule has 3 heterocycles. The van der Waals surface area contributed by atoms with E-state index in [1.54, 1.807) is 146 Å². The molecule has 0 aliphatic carbocycles. The van der Waals surface area contributed by atoms with Crippen LogP contribution in [0.5, 0.6) is 0 Å². The number of hydrogen-bond donors (Lipinski definition) is 1. The van der Waals surface area contributed by atoms with Crippen LogP contribution in [0, 0.1) is 11.8 Å². The molecule has 7 aromatic rings. The summed E-state index contributed by atoms with van der Waals surface area (Å²) in [5.41, 5.74) is 9.60. The number of aliphatic hydroxyl groups excluding tert-OH is 1. The van der Waals surface area contributed by atoms with Crippen LogP contribution in [-0.4, -0.2) is 160 Å². The van der Waals surface area contributed by atoms with E-state index in [1.165, 1.54) is 72.8 Å². The fraction of sp³-hybridized carbons (Fsp3) is 0.310. The number of nitrogens with zero attached hydrogens (tertiary/aromatic N) is 3. The second-order valence-corrected chi connectivity index (χ2v) is 22.2. The van der Waals surface area contributed by atoms with E-state index in [0.29, 0.717) is 0 Å². The van der Waals surface area contributed by atoms with Crippen LogP contribution in [0.25, 0.3) is 10.4 Å². The Morgan fingerprint density at radius 3 is 0.905 bits per heavy atom. The van der Waals surface area contributed by atoms with E-state index in [2.05, 4.69) is 10.0 Å². The van der Waals surface area contributed by atoms with Crippen molar-refractivity contribution in [3.05, 3.63) is 262 Å². The third-order valence-corrected chi connectivity index (χ3v) is 16.0. The molecule has 0 spiro atoms. The molecule has 24 heteroatoms. The maximum absolute atomic E-state index is 14.7. The van der Waals surface area contributed by atoms with Crippen molar-refractivity contribution in [1.29, 1.82) is 0 Å². The average molecular weight is 1300 g/mol. The van der Waals surface area contributed by atoms with E-state index in [-0.39, 0.29) is 52.1 Å². The minimum absolute atomic E-state index is 0.00149. The Hall–Kier alpha value is -10.1. The Bertz CT molecular complexity index is 3730. The molecule has 0 amide bonds. The summed E-state index contributed by atoms with van der Waals surface area (Å²) >= 11 is 0. The van der Waals surface area contributed by atoms with Gasteiger partial charge in [-0.05, 0) is 96.4 Å². The van der Waals surface area contributed by atoms with Crippen molar-refractivity contribution in [3.8, 4) is 0 Å². The summed E-state index contributed by atoms with van der Waals surface area (Å²) in [6, 6.07) is 54.6. The molecule has 0 radical (unpaired) electrons. The highest BCUT2D eigenvalue weighted by Gasteiger charge is 2.57. The van der Waals surface area contributed by atoms with Crippen molar-refractivity contribution in [2.75, 3.05) is 33.0 Å². The van der Waals surface area contributed by atoms with Gasteiger partial charge in [0.05, 0.1) is 71.5 Å². The number of esters is 7. The lowest BCUT2D eigenvalue weighted by Gasteiger charge is -2.47. The fourth-order valence-electron chi connectivity index (χ4n) is 10.9. The van der Waals surface area contributed by atoms with Gasteiger partial charge in [-0.1, -0.05) is 146 Å². The molecule has 0 saturated carbocycles. The van der Waals surface area contributed by atoms with Crippen molar-refractivity contribution >= 4 is 41.8 Å². The molecule has 3 fully saturated rings. The van der Waals surface area contributed by atoms with E-state index < -0.39 is 153 Å². The monoisotopic (exact) mass is 1300 g/mol. The number of aliphatic hydroxyl groups is 1. The number of hydrogen-bond acceptors (Lipinski definition) is 22. The molecule has 1 N–H and O–H groups in total. The Labute approximate surface area is 545 Å². The second-order valence-electron chi connectivity index (χ2n) is 22.2. The molecule has 492 valence electrons. The lowest BCUT2D eigenvalue weighted by atomic mass is 9.83. The van der Waals surface area contributed by atoms with Crippen molar-refractivity contribution in [2.45, 2.75) is 93.8 Å². The van der Waals surface area contributed by atoms with Crippen LogP contribution in [0.1, 0.15) is 86.4 Å². The Kier molecular flexibility index (Phi) is 23.6. The van der Waals surface area contributed by atoms with Crippen LogP contribution >= 0.6 is 0 Å². The van der Waals surface area contributed by atoms with Gasteiger partial charge in [0.2, 0.25) is 0 Å². The van der Waals surface area contributed by atoms with Gasteiger partial charge in [0.15, 0.2) is 61.6 Å². The summed E-state index contributed by atoms with van der Waals surface area (Å²) in [6.45, 7) is 0.950. The van der Waals surface area contributed by atoms with Crippen LogP contribution in [0.3, 0.4) is 0 Å². The summed E-state index contributed by atoms with van der Waals surface area (Å²) < 4.78 is 83.4. The SMILES string of the molecule is C[C@H]1[C@H](C)[C@@H](CO)O[C@@H](OC[C@H]2O[C@@H](OC[C@H]3OC(OCCN=[N+]=[N-])[C@H](OC(=O)c4ccccc4)[C@@H](OC(=O)c4ccccc4)[C@@H]3OC(=O)c3ccccc3)[C@H](OC(=O)c3ccccc3)[C@@H](OC(=O)c3ccccc3)[C@@H]2OC(=O)c2ccccc2)[C@@H]1OC(=O)c1ccccc1.